The van der Waals surface area contributed by atoms with Gasteiger partial charge in [0.05, 0.1) is 18.8 Å². The van der Waals surface area contributed by atoms with E-state index in [4.69, 9.17) is 10.8 Å². The highest BCUT2D eigenvalue weighted by atomic mass is 16.4. The molecule has 3 amide bonds. The molecule has 42 heavy (non-hydrogen) atoms. The zero-order chi connectivity index (χ0) is 30.8. The maximum Gasteiger partial charge on any atom is 0.326 e. The van der Waals surface area contributed by atoms with Crippen LogP contribution in [0.1, 0.15) is 30.5 Å². The van der Waals surface area contributed by atoms with E-state index in [1.165, 1.54) is 12.5 Å². The highest BCUT2D eigenvalue weighted by Crippen LogP contribution is 2.19. The van der Waals surface area contributed by atoms with Gasteiger partial charge in [0.2, 0.25) is 17.7 Å². The van der Waals surface area contributed by atoms with Crippen LogP contribution in [0.2, 0.25) is 0 Å². The molecule has 0 spiro atoms. The van der Waals surface area contributed by atoms with Crippen LogP contribution in [0.15, 0.2) is 43.0 Å². The van der Waals surface area contributed by atoms with Crippen molar-refractivity contribution in [2.75, 3.05) is 0 Å². The third-order valence-corrected chi connectivity index (χ3v) is 6.34. The van der Waals surface area contributed by atoms with Gasteiger partial charge in [-0.05, 0) is 24.5 Å². The fraction of sp³-hybridized carbons (Fsp3) is 0.346. The molecule has 3 aromatic rings. The van der Waals surface area contributed by atoms with Crippen LogP contribution in [-0.4, -0.2) is 90.1 Å². The van der Waals surface area contributed by atoms with Gasteiger partial charge in [-0.1, -0.05) is 18.2 Å². The zero-order valence-corrected chi connectivity index (χ0v) is 22.2. The molecular formula is C26H31N7O9. The van der Waals surface area contributed by atoms with Crippen LogP contribution in [0.3, 0.4) is 0 Å². The lowest BCUT2D eigenvalue weighted by Crippen LogP contribution is -2.58. The van der Waals surface area contributed by atoms with Gasteiger partial charge in [-0.15, -0.1) is 0 Å². The number of aliphatic carboxylic acids is 3. The summed E-state index contributed by atoms with van der Waals surface area (Å²) in [5, 5.41) is 35.2. The molecule has 4 atom stereocenters. The number of nitrogens with two attached hydrogens (primary N) is 1. The van der Waals surface area contributed by atoms with Gasteiger partial charge in [0.15, 0.2) is 0 Å². The molecule has 16 heteroatoms. The first-order valence-electron chi connectivity index (χ1n) is 12.8. The predicted molar refractivity (Wildman–Crippen MR) is 145 cm³/mol. The molecule has 16 nitrogen and oxygen atoms in total. The number of nitrogens with one attached hydrogen (secondary N) is 5. The molecule has 1 aromatic carbocycles. The standard InChI is InChI=1S/C26H31N7O9/c27-16(7-13-10-29-17-4-2-1-3-15(13)17)23(38)31-18(5-6-21(34)35)24(39)32-19(8-14-11-28-12-30-14)25(40)33-20(26(41)42)9-22(36)37/h1-4,10-12,16,18-20,29H,5-9,27H2,(H,28,30)(H,31,38)(H,32,39)(H,33,40)(H,34,35)(H,36,37)(H,41,42). The Balaban J connectivity index is 1.75. The summed E-state index contributed by atoms with van der Waals surface area (Å²) in [6, 6.07) is 1.61. The van der Waals surface area contributed by atoms with Crippen LogP contribution in [0.5, 0.6) is 0 Å². The van der Waals surface area contributed by atoms with Gasteiger partial charge in [0, 0.05) is 41.8 Å². The molecule has 0 aliphatic carbocycles. The third-order valence-electron chi connectivity index (χ3n) is 6.34. The van der Waals surface area contributed by atoms with E-state index in [0.29, 0.717) is 5.69 Å². The van der Waals surface area contributed by atoms with Crippen molar-refractivity contribution in [2.24, 2.45) is 5.73 Å². The monoisotopic (exact) mass is 585 g/mol. The van der Waals surface area contributed by atoms with Crippen LogP contribution in [0.25, 0.3) is 10.9 Å². The Morgan fingerprint density at radius 3 is 2.14 bits per heavy atom. The van der Waals surface area contributed by atoms with Gasteiger partial charge in [-0.2, -0.15) is 0 Å². The number of imidazole rings is 1. The van der Waals surface area contributed by atoms with Crippen LogP contribution in [-0.2, 0) is 41.6 Å². The van der Waals surface area contributed by atoms with Crippen LogP contribution in [0.4, 0.5) is 0 Å². The number of carbonyl (C=O) groups is 6. The van der Waals surface area contributed by atoms with Gasteiger partial charge in [-0.3, -0.25) is 24.0 Å². The molecule has 0 aliphatic heterocycles. The summed E-state index contributed by atoms with van der Waals surface area (Å²) in [5.74, 6) is -7.02. The Labute approximate surface area is 238 Å². The fourth-order valence-electron chi connectivity index (χ4n) is 4.19. The van der Waals surface area contributed by atoms with Gasteiger partial charge >= 0.3 is 17.9 Å². The van der Waals surface area contributed by atoms with Gasteiger partial charge < -0.3 is 47.0 Å². The van der Waals surface area contributed by atoms with Crippen LogP contribution in [0, 0.1) is 0 Å². The molecule has 0 saturated carbocycles. The molecule has 224 valence electrons. The number of para-hydroxylation sites is 1. The lowest BCUT2D eigenvalue weighted by molar-refractivity contribution is -0.147. The minimum Gasteiger partial charge on any atom is -0.481 e. The number of hydrogen-bond acceptors (Lipinski definition) is 8. The summed E-state index contributed by atoms with van der Waals surface area (Å²) < 4.78 is 0. The maximum absolute atomic E-state index is 13.3. The lowest BCUT2D eigenvalue weighted by atomic mass is 10.0. The lowest BCUT2D eigenvalue weighted by Gasteiger charge is -2.24. The number of carboxylic acid groups (broad SMARTS) is 3. The summed E-state index contributed by atoms with van der Waals surface area (Å²) in [5.41, 5.74) is 8.08. The second-order valence-corrected chi connectivity index (χ2v) is 9.50. The molecule has 0 aliphatic rings. The zero-order valence-electron chi connectivity index (χ0n) is 22.2. The predicted octanol–water partition coefficient (Wildman–Crippen LogP) is -1.12. The molecule has 2 aromatic heterocycles. The number of rotatable bonds is 16. The molecule has 0 saturated heterocycles. The highest BCUT2D eigenvalue weighted by molar-refractivity contribution is 5.95. The van der Waals surface area contributed by atoms with Crippen molar-refractivity contribution in [1.82, 2.24) is 30.9 Å². The van der Waals surface area contributed by atoms with E-state index in [9.17, 15) is 39.0 Å². The van der Waals surface area contributed by atoms with E-state index in [1.54, 1.807) is 6.20 Å². The quantitative estimate of drug-likeness (QED) is 0.0971. The molecule has 4 unspecified atom stereocenters. The normalized spacial score (nSPS) is 13.8. The van der Waals surface area contributed by atoms with Crippen molar-refractivity contribution in [3.8, 4) is 0 Å². The van der Waals surface area contributed by atoms with Crippen molar-refractivity contribution in [3.63, 3.8) is 0 Å². The van der Waals surface area contributed by atoms with Crippen LogP contribution < -0.4 is 21.7 Å². The Morgan fingerprint density at radius 2 is 1.50 bits per heavy atom. The summed E-state index contributed by atoms with van der Waals surface area (Å²) >= 11 is 0. The number of fused-ring (bicyclic) bond motifs is 1. The summed E-state index contributed by atoms with van der Waals surface area (Å²) in [4.78, 5) is 82.6. The van der Waals surface area contributed by atoms with Crippen molar-refractivity contribution in [3.05, 3.63) is 54.2 Å². The Morgan fingerprint density at radius 1 is 0.833 bits per heavy atom. The first-order valence-corrected chi connectivity index (χ1v) is 12.8. The van der Waals surface area contributed by atoms with E-state index in [1.807, 2.05) is 24.3 Å². The first kappa shape index (κ1) is 31.3. The maximum atomic E-state index is 13.3. The number of hydrogen-bond donors (Lipinski definition) is 9. The average Bonchev–Trinajstić information content (AvgIpc) is 3.59. The summed E-state index contributed by atoms with van der Waals surface area (Å²) in [7, 11) is 0. The fourth-order valence-corrected chi connectivity index (χ4v) is 4.19. The summed E-state index contributed by atoms with van der Waals surface area (Å²) in [6.45, 7) is 0. The Bertz CT molecular complexity index is 1440. The average molecular weight is 586 g/mol. The molecular weight excluding hydrogens is 554 g/mol. The number of carboxylic acids is 3. The molecule has 0 bridgehead atoms. The van der Waals surface area contributed by atoms with E-state index in [0.717, 1.165) is 16.5 Å². The molecule has 3 rings (SSSR count). The second kappa shape index (κ2) is 14.4. The second-order valence-electron chi connectivity index (χ2n) is 9.50. The first-order chi connectivity index (χ1) is 19.9. The van der Waals surface area contributed by atoms with Gasteiger partial charge in [0.1, 0.15) is 18.1 Å². The van der Waals surface area contributed by atoms with Crippen molar-refractivity contribution < 1.29 is 44.1 Å². The van der Waals surface area contributed by atoms with E-state index < -0.39 is 72.6 Å². The van der Waals surface area contributed by atoms with Crippen molar-refractivity contribution in [2.45, 2.75) is 56.3 Å². The largest absolute Gasteiger partial charge is 0.481 e. The molecule has 2 heterocycles. The van der Waals surface area contributed by atoms with E-state index in [-0.39, 0.29) is 19.3 Å². The Hall–Kier alpha value is -5.25. The van der Waals surface area contributed by atoms with Gasteiger partial charge in [0.25, 0.3) is 0 Å². The van der Waals surface area contributed by atoms with Crippen molar-refractivity contribution in [1.29, 1.82) is 0 Å². The Kier molecular flexibility index (Phi) is 10.7. The minimum absolute atomic E-state index is 0.105. The number of aromatic amines is 2. The van der Waals surface area contributed by atoms with Gasteiger partial charge in [-0.25, -0.2) is 9.78 Å². The number of aromatic nitrogens is 3. The number of carbonyl (C=O) groups excluding carboxylic acids is 3. The molecule has 10 N–H and O–H groups in total. The topological polar surface area (TPSA) is 270 Å². The highest BCUT2D eigenvalue weighted by Gasteiger charge is 2.32. The van der Waals surface area contributed by atoms with E-state index >= 15 is 0 Å². The molecule has 0 fully saturated rings. The molecule has 0 radical (unpaired) electrons. The SMILES string of the molecule is NC(Cc1c[nH]c2ccccc12)C(=O)NC(CCC(=O)O)C(=O)NC(Cc1cnc[nH]1)C(=O)NC(CC(=O)O)C(=O)O. The van der Waals surface area contributed by atoms with Crippen LogP contribution >= 0.6 is 0 Å². The summed E-state index contributed by atoms with van der Waals surface area (Å²) in [6.07, 6.45) is 2.49. The van der Waals surface area contributed by atoms with Crippen molar-refractivity contribution >= 4 is 46.5 Å². The third kappa shape index (κ3) is 8.88. The smallest absolute Gasteiger partial charge is 0.326 e. The number of benzene rings is 1. The minimum atomic E-state index is -1.79. The number of H-pyrrole nitrogens is 2. The number of amides is 3. The van der Waals surface area contributed by atoms with E-state index in [2.05, 4.69) is 30.9 Å². The number of nitrogens with zero attached hydrogens (tertiary/aromatic N) is 1.